The van der Waals surface area contributed by atoms with E-state index in [2.05, 4.69) is 15.5 Å². The van der Waals surface area contributed by atoms with Crippen LogP contribution in [0.5, 0.6) is 0 Å². The molecule has 0 bridgehead atoms. The predicted octanol–water partition coefficient (Wildman–Crippen LogP) is 3.21. The molecular weight excluding hydrogens is 348 g/mol. The maximum absolute atomic E-state index is 12.7. The van der Waals surface area contributed by atoms with E-state index in [9.17, 15) is 9.59 Å². The topological polar surface area (TPSA) is 75.2 Å². The number of nitrogens with zero attached hydrogens (tertiary/aromatic N) is 3. The van der Waals surface area contributed by atoms with Crippen LogP contribution in [-0.2, 0) is 4.79 Å². The van der Waals surface area contributed by atoms with Crippen molar-refractivity contribution in [1.29, 1.82) is 0 Å². The summed E-state index contributed by atoms with van der Waals surface area (Å²) in [6, 6.07) is 7.58. The van der Waals surface area contributed by atoms with Crippen molar-refractivity contribution in [3.63, 3.8) is 0 Å². The van der Waals surface area contributed by atoms with Gasteiger partial charge in [0.05, 0.1) is 5.92 Å². The normalized spacial score (nSPS) is 20.0. The quantitative estimate of drug-likeness (QED) is 0.897. The van der Waals surface area contributed by atoms with E-state index in [1.165, 1.54) is 24.2 Å². The number of hydrogen-bond acceptors (Lipinski definition) is 5. The van der Waals surface area contributed by atoms with E-state index in [0.29, 0.717) is 29.7 Å². The first-order chi connectivity index (χ1) is 12.6. The average molecular weight is 370 g/mol. The zero-order chi connectivity index (χ0) is 18.1. The predicted molar refractivity (Wildman–Crippen MR) is 100 cm³/mol. The zero-order valence-corrected chi connectivity index (χ0v) is 15.6. The summed E-state index contributed by atoms with van der Waals surface area (Å²) in [5, 5.41) is 12.7. The summed E-state index contributed by atoms with van der Waals surface area (Å²) in [5.41, 5.74) is 1.80. The summed E-state index contributed by atoms with van der Waals surface area (Å²) in [5.74, 6) is 0.265. The molecule has 2 heterocycles. The van der Waals surface area contributed by atoms with Crippen molar-refractivity contribution < 1.29 is 9.59 Å². The van der Waals surface area contributed by atoms with Crippen molar-refractivity contribution in [3.05, 3.63) is 40.4 Å². The van der Waals surface area contributed by atoms with Crippen LogP contribution in [0.4, 0.5) is 5.13 Å². The lowest BCUT2D eigenvalue weighted by Gasteiger charge is -2.32. The second-order valence-corrected chi connectivity index (χ2v) is 8.17. The SMILES string of the molecule is Cc1ccc(C(=O)N2CCCC(C(=O)Nc3nnc(C4CC4)s3)C2)cc1. The highest BCUT2D eigenvalue weighted by molar-refractivity contribution is 7.15. The highest BCUT2D eigenvalue weighted by Gasteiger charge is 2.31. The molecule has 1 saturated carbocycles. The highest BCUT2D eigenvalue weighted by atomic mass is 32.1. The van der Waals surface area contributed by atoms with Crippen LogP contribution in [0.15, 0.2) is 24.3 Å². The number of aryl methyl sites for hydroxylation is 1. The fourth-order valence-corrected chi connectivity index (χ4v) is 4.16. The van der Waals surface area contributed by atoms with Crippen LogP contribution in [0.1, 0.15) is 52.5 Å². The first kappa shape index (κ1) is 17.1. The monoisotopic (exact) mass is 370 g/mol. The van der Waals surface area contributed by atoms with E-state index < -0.39 is 0 Å². The fourth-order valence-electron chi connectivity index (χ4n) is 3.24. The molecule has 2 fully saturated rings. The summed E-state index contributed by atoms with van der Waals surface area (Å²) in [7, 11) is 0. The molecule has 1 aliphatic carbocycles. The van der Waals surface area contributed by atoms with Gasteiger partial charge in [0, 0.05) is 24.6 Å². The maximum atomic E-state index is 12.7. The number of hydrogen-bond donors (Lipinski definition) is 1. The van der Waals surface area contributed by atoms with Gasteiger partial charge < -0.3 is 10.2 Å². The minimum atomic E-state index is -0.202. The first-order valence-electron chi connectivity index (χ1n) is 9.10. The number of carbonyl (C=O) groups is 2. The molecule has 0 radical (unpaired) electrons. The number of benzene rings is 1. The van der Waals surface area contributed by atoms with Crippen molar-refractivity contribution in [3.8, 4) is 0 Å². The van der Waals surface area contributed by atoms with E-state index in [1.807, 2.05) is 31.2 Å². The summed E-state index contributed by atoms with van der Waals surface area (Å²) < 4.78 is 0. The van der Waals surface area contributed by atoms with Gasteiger partial charge in [0.25, 0.3) is 5.91 Å². The van der Waals surface area contributed by atoms with Gasteiger partial charge in [-0.2, -0.15) is 0 Å². The van der Waals surface area contributed by atoms with Crippen molar-refractivity contribution in [2.75, 3.05) is 18.4 Å². The fraction of sp³-hybridized carbons (Fsp3) is 0.474. The molecule has 1 saturated heterocycles. The minimum Gasteiger partial charge on any atom is -0.338 e. The van der Waals surface area contributed by atoms with Crippen molar-refractivity contribution in [1.82, 2.24) is 15.1 Å². The Bertz CT molecular complexity index is 813. The van der Waals surface area contributed by atoms with Gasteiger partial charge in [-0.25, -0.2) is 0 Å². The van der Waals surface area contributed by atoms with Crippen molar-refractivity contribution in [2.45, 2.75) is 38.5 Å². The molecule has 1 aliphatic heterocycles. The Balaban J connectivity index is 1.38. The summed E-state index contributed by atoms with van der Waals surface area (Å²) in [6.45, 7) is 3.14. The molecule has 1 unspecified atom stereocenters. The van der Waals surface area contributed by atoms with Crippen molar-refractivity contribution >= 4 is 28.3 Å². The number of piperidine rings is 1. The molecule has 2 aromatic rings. The smallest absolute Gasteiger partial charge is 0.253 e. The summed E-state index contributed by atoms with van der Waals surface area (Å²) in [6.07, 6.45) is 3.96. The number of aromatic nitrogens is 2. The Morgan fingerprint density at radius 1 is 1.15 bits per heavy atom. The van der Waals surface area contributed by atoms with Gasteiger partial charge in [-0.15, -0.1) is 10.2 Å². The van der Waals surface area contributed by atoms with Gasteiger partial charge in [-0.05, 0) is 44.7 Å². The minimum absolute atomic E-state index is 0.00515. The molecule has 7 heteroatoms. The molecule has 1 atom stereocenters. The Kier molecular flexibility index (Phi) is 4.72. The van der Waals surface area contributed by atoms with Crippen molar-refractivity contribution in [2.24, 2.45) is 5.92 Å². The third-order valence-electron chi connectivity index (χ3n) is 4.98. The molecule has 1 N–H and O–H groups in total. The molecule has 1 aromatic carbocycles. The number of anilines is 1. The standard InChI is InChI=1S/C19H22N4O2S/c1-12-4-6-14(7-5-12)18(25)23-10-2-3-15(11-23)16(24)20-19-22-21-17(26-19)13-8-9-13/h4-7,13,15H,2-3,8-11H2,1H3,(H,20,22,24). The number of rotatable bonds is 4. The average Bonchev–Trinajstić information content (AvgIpc) is 3.41. The largest absolute Gasteiger partial charge is 0.338 e. The third-order valence-corrected chi connectivity index (χ3v) is 5.98. The van der Waals surface area contributed by atoms with Crippen LogP contribution < -0.4 is 5.32 Å². The summed E-state index contributed by atoms with van der Waals surface area (Å²) in [4.78, 5) is 27.1. The van der Waals surface area contributed by atoms with Crippen LogP contribution in [0.3, 0.4) is 0 Å². The second-order valence-electron chi connectivity index (χ2n) is 7.17. The number of likely N-dealkylation sites (tertiary alicyclic amines) is 1. The molecule has 6 nitrogen and oxygen atoms in total. The molecule has 136 valence electrons. The second kappa shape index (κ2) is 7.15. The van der Waals surface area contributed by atoms with Gasteiger partial charge >= 0.3 is 0 Å². The lowest BCUT2D eigenvalue weighted by atomic mass is 9.96. The van der Waals surface area contributed by atoms with Gasteiger partial charge in [-0.3, -0.25) is 9.59 Å². The van der Waals surface area contributed by atoms with E-state index in [4.69, 9.17) is 0 Å². The molecule has 2 aliphatic rings. The van der Waals surface area contributed by atoms with Crippen LogP contribution in [0.2, 0.25) is 0 Å². The molecule has 26 heavy (non-hydrogen) atoms. The number of amides is 2. The molecule has 0 spiro atoms. The van der Waals surface area contributed by atoms with Gasteiger partial charge in [0.15, 0.2) is 0 Å². The Morgan fingerprint density at radius 2 is 1.92 bits per heavy atom. The lowest BCUT2D eigenvalue weighted by molar-refractivity contribution is -0.121. The highest BCUT2D eigenvalue weighted by Crippen LogP contribution is 2.42. The maximum Gasteiger partial charge on any atom is 0.253 e. The summed E-state index contributed by atoms with van der Waals surface area (Å²) >= 11 is 1.47. The van der Waals surface area contributed by atoms with Gasteiger partial charge in [0.1, 0.15) is 5.01 Å². The molecule has 4 rings (SSSR count). The van der Waals surface area contributed by atoms with E-state index in [0.717, 1.165) is 23.4 Å². The van der Waals surface area contributed by atoms with Crippen LogP contribution >= 0.6 is 11.3 Å². The Hall–Kier alpha value is -2.28. The van der Waals surface area contributed by atoms with E-state index in [-0.39, 0.29) is 17.7 Å². The van der Waals surface area contributed by atoms with Gasteiger partial charge in [0.2, 0.25) is 11.0 Å². The number of carbonyl (C=O) groups excluding carboxylic acids is 2. The molecular formula is C19H22N4O2S. The lowest BCUT2D eigenvalue weighted by Crippen LogP contribution is -2.43. The third kappa shape index (κ3) is 3.77. The van der Waals surface area contributed by atoms with Crippen LogP contribution in [-0.4, -0.2) is 40.0 Å². The van der Waals surface area contributed by atoms with E-state index in [1.54, 1.807) is 4.90 Å². The van der Waals surface area contributed by atoms with Crippen LogP contribution in [0.25, 0.3) is 0 Å². The number of nitrogens with one attached hydrogen (secondary N) is 1. The Labute approximate surface area is 156 Å². The van der Waals surface area contributed by atoms with E-state index >= 15 is 0 Å². The molecule has 1 aromatic heterocycles. The zero-order valence-electron chi connectivity index (χ0n) is 14.8. The first-order valence-corrected chi connectivity index (χ1v) is 9.92. The van der Waals surface area contributed by atoms with Crippen LogP contribution in [0, 0.1) is 12.8 Å². The Morgan fingerprint density at radius 3 is 2.65 bits per heavy atom. The van der Waals surface area contributed by atoms with Gasteiger partial charge in [-0.1, -0.05) is 29.0 Å². The molecule has 2 amide bonds.